The van der Waals surface area contributed by atoms with E-state index in [0.29, 0.717) is 11.6 Å². The van der Waals surface area contributed by atoms with E-state index >= 15 is 0 Å². The van der Waals surface area contributed by atoms with E-state index in [9.17, 15) is 5.11 Å². The molecular formula is C11H16ClNO. The molecule has 0 unspecified atom stereocenters. The first-order valence-corrected chi connectivity index (χ1v) is 5.30. The van der Waals surface area contributed by atoms with Gasteiger partial charge in [-0.05, 0) is 25.1 Å². The first-order chi connectivity index (χ1) is 6.75. The number of hydrogen-bond acceptors (Lipinski definition) is 2. The van der Waals surface area contributed by atoms with Gasteiger partial charge in [0.25, 0.3) is 0 Å². The summed E-state index contributed by atoms with van der Waals surface area (Å²) in [7, 11) is 0. The Hall–Kier alpha value is -0.730. The average molecular weight is 214 g/mol. The molecule has 0 spiro atoms. The molecule has 0 saturated carbocycles. The second kappa shape index (κ2) is 5.89. The summed E-state index contributed by atoms with van der Waals surface area (Å²) in [6.45, 7) is 3.74. The van der Waals surface area contributed by atoms with Crippen LogP contribution in [0.25, 0.3) is 0 Å². The van der Waals surface area contributed by atoms with E-state index in [4.69, 9.17) is 11.6 Å². The summed E-state index contributed by atoms with van der Waals surface area (Å²) < 4.78 is 0. The molecular weight excluding hydrogens is 198 g/mol. The minimum Gasteiger partial charge on any atom is -0.508 e. The van der Waals surface area contributed by atoms with Crippen molar-refractivity contribution >= 4 is 11.6 Å². The third-order valence-electron chi connectivity index (χ3n) is 2.10. The molecule has 0 amide bonds. The maximum absolute atomic E-state index is 9.52. The van der Waals surface area contributed by atoms with E-state index in [1.165, 1.54) is 6.42 Å². The topological polar surface area (TPSA) is 32.3 Å². The monoisotopic (exact) mass is 213 g/mol. The quantitative estimate of drug-likeness (QED) is 0.738. The van der Waals surface area contributed by atoms with Gasteiger partial charge in [-0.25, -0.2) is 0 Å². The van der Waals surface area contributed by atoms with E-state index in [0.717, 1.165) is 18.5 Å². The maximum Gasteiger partial charge on any atom is 0.121 e. The summed E-state index contributed by atoms with van der Waals surface area (Å²) in [5, 5.41) is 13.4. The van der Waals surface area contributed by atoms with Crippen LogP contribution in [0.2, 0.25) is 5.02 Å². The van der Waals surface area contributed by atoms with Gasteiger partial charge in [-0.15, -0.1) is 0 Å². The zero-order chi connectivity index (χ0) is 10.4. The molecule has 0 atom stereocenters. The number of halogens is 1. The number of nitrogens with one attached hydrogen (secondary N) is 1. The molecule has 1 rings (SSSR count). The molecule has 2 nitrogen and oxygen atoms in total. The summed E-state index contributed by atoms with van der Waals surface area (Å²) in [5.74, 6) is 0.265. The highest BCUT2D eigenvalue weighted by Crippen LogP contribution is 2.24. The van der Waals surface area contributed by atoms with Crippen molar-refractivity contribution in [3.8, 4) is 5.75 Å². The molecule has 1 aromatic rings. The molecule has 0 fully saturated rings. The summed E-state index contributed by atoms with van der Waals surface area (Å²) in [4.78, 5) is 0. The van der Waals surface area contributed by atoms with E-state index in [1.807, 2.05) is 0 Å². The van der Waals surface area contributed by atoms with Crippen molar-refractivity contribution in [2.24, 2.45) is 0 Å². The van der Waals surface area contributed by atoms with Crippen molar-refractivity contribution in [2.75, 3.05) is 6.54 Å². The van der Waals surface area contributed by atoms with Crippen molar-refractivity contribution in [1.82, 2.24) is 5.32 Å². The van der Waals surface area contributed by atoms with Crippen molar-refractivity contribution in [3.63, 3.8) is 0 Å². The fraction of sp³-hybridized carbons (Fsp3) is 0.455. The molecule has 14 heavy (non-hydrogen) atoms. The van der Waals surface area contributed by atoms with Gasteiger partial charge in [0.2, 0.25) is 0 Å². The van der Waals surface area contributed by atoms with Crippen molar-refractivity contribution in [1.29, 1.82) is 0 Å². The van der Waals surface area contributed by atoms with Gasteiger partial charge in [0.15, 0.2) is 0 Å². The van der Waals surface area contributed by atoms with Crippen molar-refractivity contribution in [2.45, 2.75) is 26.3 Å². The molecule has 0 aliphatic heterocycles. The van der Waals surface area contributed by atoms with E-state index < -0.39 is 0 Å². The van der Waals surface area contributed by atoms with Crippen molar-refractivity contribution in [3.05, 3.63) is 28.8 Å². The maximum atomic E-state index is 9.52. The Morgan fingerprint density at radius 3 is 2.86 bits per heavy atom. The standard InChI is InChI=1S/C11H16ClNO/c1-2-3-7-13-8-9-10(12)5-4-6-11(9)14/h4-6,13-14H,2-3,7-8H2,1H3. The number of phenolic OH excluding ortho intramolecular Hbond substituents is 1. The second-order valence-electron chi connectivity index (χ2n) is 3.27. The summed E-state index contributed by atoms with van der Waals surface area (Å²) in [6, 6.07) is 5.19. The van der Waals surface area contributed by atoms with E-state index in [2.05, 4.69) is 12.2 Å². The largest absolute Gasteiger partial charge is 0.508 e. The molecule has 78 valence electrons. The highest BCUT2D eigenvalue weighted by atomic mass is 35.5. The first kappa shape index (κ1) is 11.3. The Labute approximate surface area is 89.9 Å². The van der Waals surface area contributed by atoms with Gasteiger partial charge in [-0.1, -0.05) is 31.0 Å². The summed E-state index contributed by atoms with van der Waals surface area (Å²) >= 11 is 5.94. The predicted octanol–water partition coefficient (Wildman–Crippen LogP) is 2.94. The molecule has 2 N–H and O–H groups in total. The molecule has 0 aliphatic rings. The number of aromatic hydroxyl groups is 1. The van der Waals surface area contributed by atoms with Crippen LogP contribution < -0.4 is 5.32 Å². The van der Waals surface area contributed by atoms with Crippen molar-refractivity contribution < 1.29 is 5.11 Å². The summed E-state index contributed by atoms with van der Waals surface area (Å²) in [5.41, 5.74) is 0.783. The van der Waals surface area contributed by atoms with Crippen LogP contribution in [0, 0.1) is 0 Å². The molecule has 0 aromatic heterocycles. The summed E-state index contributed by atoms with van der Waals surface area (Å²) in [6.07, 6.45) is 2.31. The molecule has 0 heterocycles. The normalized spacial score (nSPS) is 10.4. The zero-order valence-electron chi connectivity index (χ0n) is 8.39. The lowest BCUT2D eigenvalue weighted by Crippen LogP contribution is -2.14. The first-order valence-electron chi connectivity index (χ1n) is 4.92. The van der Waals surface area contributed by atoms with Crippen LogP contribution in [0.1, 0.15) is 25.3 Å². The number of hydrogen-bond donors (Lipinski definition) is 2. The molecule has 0 aliphatic carbocycles. The van der Waals surface area contributed by atoms with E-state index in [1.54, 1.807) is 18.2 Å². The van der Waals surface area contributed by atoms with Crippen LogP contribution in [-0.2, 0) is 6.54 Å². The molecule has 3 heteroatoms. The number of phenols is 1. The predicted molar refractivity (Wildman–Crippen MR) is 59.7 cm³/mol. The van der Waals surface area contributed by atoms with Crippen LogP contribution in [0.3, 0.4) is 0 Å². The Morgan fingerprint density at radius 2 is 2.21 bits per heavy atom. The van der Waals surface area contributed by atoms with Crippen LogP contribution >= 0.6 is 11.6 Å². The van der Waals surface area contributed by atoms with Gasteiger partial charge in [0.05, 0.1) is 0 Å². The lowest BCUT2D eigenvalue weighted by molar-refractivity contribution is 0.464. The van der Waals surface area contributed by atoms with Gasteiger partial charge in [0.1, 0.15) is 5.75 Å². The molecule has 0 saturated heterocycles. The van der Waals surface area contributed by atoms with Gasteiger partial charge in [-0.3, -0.25) is 0 Å². The number of benzene rings is 1. The molecule has 1 aromatic carbocycles. The highest BCUT2D eigenvalue weighted by molar-refractivity contribution is 6.31. The third kappa shape index (κ3) is 3.20. The fourth-order valence-electron chi connectivity index (χ4n) is 1.24. The SMILES string of the molecule is CCCCNCc1c(O)cccc1Cl. The Bertz CT molecular complexity index is 268. The van der Waals surface area contributed by atoms with Crippen LogP contribution in [0.4, 0.5) is 0 Å². The Kier molecular flexibility index (Phi) is 4.77. The smallest absolute Gasteiger partial charge is 0.121 e. The van der Waals surface area contributed by atoms with Crippen LogP contribution in [-0.4, -0.2) is 11.7 Å². The second-order valence-corrected chi connectivity index (χ2v) is 3.68. The van der Waals surface area contributed by atoms with E-state index in [-0.39, 0.29) is 5.75 Å². The van der Waals surface area contributed by atoms with Gasteiger partial charge >= 0.3 is 0 Å². The fourth-order valence-corrected chi connectivity index (χ4v) is 1.47. The lowest BCUT2D eigenvalue weighted by atomic mass is 10.2. The van der Waals surface area contributed by atoms with Crippen LogP contribution in [0.5, 0.6) is 5.75 Å². The van der Waals surface area contributed by atoms with Crippen LogP contribution in [0.15, 0.2) is 18.2 Å². The van der Waals surface area contributed by atoms with Gasteiger partial charge in [-0.2, -0.15) is 0 Å². The van der Waals surface area contributed by atoms with Gasteiger partial charge < -0.3 is 10.4 Å². The lowest BCUT2D eigenvalue weighted by Gasteiger charge is -2.07. The zero-order valence-corrected chi connectivity index (χ0v) is 9.14. The minimum absolute atomic E-state index is 0.265. The van der Waals surface area contributed by atoms with Gasteiger partial charge in [0, 0.05) is 17.1 Å². The minimum atomic E-state index is 0.265. The average Bonchev–Trinajstić information content (AvgIpc) is 2.16. The molecule has 0 bridgehead atoms. The Morgan fingerprint density at radius 1 is 1.43 bits per heavy atom. The number of unbranched alkanes of at least 4 members (excludes halogenated alkanes) is 1. The molecule has 0 radical (unpaired) electrons. The highest BCUT2D eigenvalue weighted by Gasteiger charge is 2.04. The third-order valence-corrected chi connectivity index (χ3v) is 2.46. The number of rotatable bonds is 5. The Balaban J connectivity index is 2.49.